The number of esters is 1. The second-order valence-corrected chi connectivity index (χ2v) is 7.77. The maximum absolute atomic E-state index is 13.0. The highest BCUT2D eigenvalue weighted by Crippen LogP contribution is 2.33. The lowest BCUT2D eigenvalue weighted by atomic mass is 9.77. The Labute approximate surface area is 179 Å². The molecule has 7 heteroatoms. The van der Waals surface area contributed by atoms with Gasteiger partial charge >= 0.3 is 12.1 Å². The molecular formula is C24H25F3O4. The standard InChI is InChI=1S/C24H25F3O4/c1-30-23(29)21(17-7-3-2-4-8-17)22(28)18-10-12-20(13-11-18)31-15-16-6-5-9-19(14-16)24(25,26)27/h5-6,9-14,17,21H,2-4,7-8,15H2,1H3. The lowest BCUT2D eigenvalue weighted by Gasteiger charge is -2.27. The van der Waals surface area contributed by atoms with Gasteiger partial charge in [-0.3, -0.25) is 9.59 Å². The van der Waals surface area contributed by atoms with Crippen LogP contribution in [0.15, 0.2) is 48.5 Å². The van der Waals surface area contributed by atoms with E-state index in [4.69, 9.17) is 9.47 Å². The third-order valence-electron chi connectivity index (χ3n) is 5.66. The van der Waals surface area contributed by atoms with Gasteiger partial charge in [-0.15, -0.1) is 0 Å². The van der Waals surface area contributed by atoms with Gasteiger partial charge in [0.25, 0.3) is 0 Å². The van der Waals surface area contributed by atoms with Gasteiger partial charge in [-0.2, -0.15) is 13.2 Å². The lowest BCUT2D eigenvalue weighted by molar-refractivity contribution is -0.145. The predicted molar refractivity (Wildman–Crippen MR) is 109 cm³/mol. The Hall–Kier alpha value is -2.83. The number of carbonyl (C=O) groups excluding carboxylic acids is 2. The molecule has 3 rings (SSSR count). The molecule has 1 saturated carbocycles. The highest BCUT2D eigenvalue weighted by Gasteiger charge is 2.36. The number of ether oxygens (including phenoxy) is 2. The zero-order chi connectivity index (χ0) is 22.4. The molecule has 1 aliphatic carbocycles. The highest BCUT2D eigenvalue weighted by molar-refractivity contribution is 6.08. The van der Waals surface area contributed by atoms with E-state index in [1.54, 1.807) is 30.3 Å². The number of carbonyl (C=O) groups is 2. The van der Waals surface area contributed by atoms with Crippen molar-refractivity contribution in [2.75, 3.05) is 7.11 Å². The van der Waals surface area contributed by atoms with E-state index < -0.39 is 23.6 Å². The quantitative estimate of drug-likeness (QED) is 0.312. The van der Waals surface area contributed by atoms with Crippen LogP contribution in [-0.4, -0.2) is 18.9 Å². The number of benzene rings is 2. The normalized spacial score (nSPS) is 15.9. The Morgan fingerprint density at radius 1 is 1.03 bits per heavy atom. The van der Waals surface area contributed by atoms with Crippen LogP contribution >= 0.6 is 0 Å². The SMILES string of the molecule is COC(=O)C(C(=O)c1ccc(OCc2cccc(C(F)(F)F)c2)cc1)C1CCCCC1. The number of methoxy groups -OCH3 is 1. The van der Waals surface area contributed by atoms with E-state index in [9.17, 15) is 22.8 Å². The second kappa shape index (κ2) is 9.98. The maximum Gasteiger partial charge on any atom is 0.416 e. The minimum absolute atomic E-state index is 0.0227. The number of Topliss-reactive ketones (excluding diaryl/α,β-unsaturated/α-hetero) is 1. The van der Waals surface area contributed by atoms with Gasteiger partial charge in [-0.1, -0.05) is 31.4 Å². The van der Waals surface area contributed by atoms with Gasteiger partial charge in [0, 0.05) is 5.56 Å². The van der Waals surface area contributed by atoms with Crippen LogP contribution in [0.25, 0.3) is 0 Å². The van der Waals surface area contributed by atoms with Crippen LogP contribution in [0.5, 0.6) is 5.75 Å². The Bertz CT molecular complexity index is 900. The molecule has 0 N–H and O–H groups in total. The van der Waals surface area contributed by atoms with E-state index in [-0.39, 0.29) is 18.3 Å². The van der Waals surface area contributed by atoms with E-state index in [1.165, 1.54) is 13.2 Å². The van der Waals surface area contributed by atoms with Crippen LogP contribution in [0.3, 0.4) is 0 Å². The average Bonchev–Trinajstić information content (AvgIpc) is 2.78. The third-order valence-corrected chi connectivity index (χ3v) is 5.66. The molecule has 4 nitrogen and oxygen atoms in total. The van der Waals surface area contributed by atoms with Crippen LogP contribution in [0.2, 0.25) is 0 Å². The fourth-order valence-corrected chi connectivity index (χ4v) is 4.01. The van der Waals surface area contributed by atoms with Gasteiger partial charge in [0.2, 0.25) is 0 Å². The van der Waals surface area contributed by atoms with E-state index in [0.29, 0.717) is 16.9 Å². The van der Waals surface area contributed by atoms with Gasteiger partial charge in [-0.05, 0) is 60.7 Å². The molecule has 2 aromatic rings. The zero-order valence-electron chi connectivity index (χ0n) is 17.3. The molecule has 166 valence electrons. The molecule has 2 aromatic carbocycles. The second-order valence-electron chi connectivity index (χ2n) is 7.77. The van der Waals surface area contributed by atoms with Crippen LogP contribution in [0, 0.1) is 11.8 Å². The van der Waals surface area contributed by atoms with Crippen molar-refractivity contribution >= 4 is 11.8 Å². The number of alkyl halides is 3. The van der Waals surface area contributed by atoms with E-state index in [1.807, 2.05) is 0 Å². The van der Waals surface area contributed by atoms with E-state index >= 15 is 0 Å². The van der Waals surface area contributed by atoms with Crippen LogP contribution in [0.1, 0.15) is 53.6 Å². The molecule has 0 bridgehead atoms. The Morgan fingerprint density at radius 2 is 1.71 bits per heavy atom. The number of ketones is 1. The van der Waals surface area contributed by atoms with Crippen LogP contribution < -0.4 is 4.74 Å². The van der Waals surface area contributed by atoms with Crippen molar-refractivity contribution in [1.82, 2.24) is 0 Å². The summed E-state index contributed by atoms with van der Waals surface area (Å²) < 4.78 is 48.9. The first-order valence-corrected chi connectivity index (χ1v) is 10.3. The molecule has 0 spiro atoms. The van der Waals surface area contributed by atoms with Crippen molar-refractivity contribution in [3.8, 4) is 5.75 Å². The molecular weight excluding hydrogens is 409 g/mol. The summed E-state index contributed by atoms with van der Waals surface area (Å²) in [5.41, 5.74) is 0.0385. The molecule has 1 aliphatic rings. The molecule has 31 heavy (non-hydrogen) atoms. The van der Waals surface area contributed by atoms with E-state index in [2.05, 4.69) is 0 Å². The zero-order valence-corrected chi connectivity index (χ0v) is 17.3. The van der Waals surface area contributed by atoms with Crippen molar-refractivity contribution in [2.24, 2.45) is 11.8 Å². The molecule has 1 atom stereocenters. The maximum atomic E-state index is 13.0. The summed E-state index contributed by atoms with van der Waals surface area (Å²) in [4.78, 5) is 25.3. The van der Waals surface area contributed by atoms with Gasteiger partial charge in [0.05, 0.1) is 12.7 Å². The average molecular weight is 434 g/mol. The van der Waals surface area contributed by atoms with Crippen LogP contribution in [-0.2, 0) is 22.3 Å². The van der Waals surface area contributed by atoms with E-state index in [0.717, 1.165) is 44.2 Å². The van der Waals surface area contributed by atoms with Gasteiger partial charge < -0.3 is 9.47 Å². The summed E-state index contributed by atoms with van der Waals surface area (Å²) in [5.74, 6) is -1.21. The molecule has 0 radical (unpaired) electrons. The molecule has 1 unspecified atom stereocenters. The number of hydrogen-bond donors (Lipinski definition) is 0. The van der Waals surface area contributed by atoms with Gasteiger partial charge in [0.1, 0.15) is 18.3 Å². The Balaban J connectivity index is 1.67. The monoisotopic (exact) mass is 434 g/mol. The number of hydrogen-bond acceptors (Lipinski definition) is 4. The Kier molecular flexibility index (Phi) is 7.36. The summed E-state index contributed by atoms with van der Waals surface area (Å²) in [5, 5.41) is 0. The minimum atomic E-state index is -4.41. The summed E-state index contributed by atoms with van der Waals surface area (Å²) in [6, 6.07) is 11.2. The Morgan fingerprint density at radius 3 is 2.32 bits per heavy atom. The van der Waals surface area contributed by atoms with Crippen molar-refractivity contribution in [1.29, 1.82) is 0 Å². The van der Waals surface area contributed by atoms with Crippen LogP contribution in [0.4, 0.5) is 13.2 Å². The smallest absolute Gasteiger partial charge is 0.416 e. The fraction of sp³-hybridized carbons (Fsp3) is 0.417. The first-order valence-electron chi connectivity index (χ1n) is 10.3. The first-order chi connectivity index (χ1) is 14.8. The van der Waals surface area contributed by atoms with Gasteiger partial charge in [0.15, 0.2) is 5.78 Å². The molecule has 1 fully saturated rings. The largest absolute Gasteiger partial charge is 0.489 e. The summed E-state index contributed by atoms with van der Waals surface area (Å²) in [6.45, 7) is -0.0376. The number of rotatable bonds is 7. The van der Waals surface area contributed by atoms with Crippen molar-refractivity contribution in [2.45, 2.75) is 44.9 Å². The lowest BCUT2D eigenvalue weighted by Crippen LogP contribution is -2.33. The summed E-state index contributed by atoms with van der Waals surface area (Å²) in [6.07, 6.45) is 0.331. The molecule has 0 heterocycles. The highest BCUT2D eigenvalue weighted by atomic mass is 19.4. The van der Waals surface area contributed by atoms with Crippen molar-refractivity contribution in [3.05, 3.63) is 65.2 Å². The van der Waals surface area contributed by atoms with Gasteiger partial charge in [-0.25, -0.2) is 0 Å². The molecule has 0 saturated heterocycles. The minimum Gasteiger partial charge on any atom is -0.489 e. The van der Waals surface area contributed by atoms with Crippen molar-refractivity contribution in [3.63, 3.8) is 0 Å². The molecule has 0 aromatic heterocycles. The fourth-order valence-electron chi connectivity index (χ4n) is 4.01. The van der Waals surface area contributed by atoms with Crippen molar-refractivity contribution < 1.29 is 32.2 Å². The third kappa shape index (κ3) is 5.87. The summed E-state index contributed by atoms with van der Waals surface area (Å²) in [7, 11) is 1.29. The first kappa shape index (κ1) is 22.8. The molecule has 0 aliphatic heterocycles. The predicted octanol–water partition coefficient (Wildman–Crippen LogP) is 5.84. The number of halogens is 3. The molecule has 0 amide bonds. The topological polar surface area (TPSA) is 52.6 Å². The summed E-state index contributed by atoms with van der Waals surface area (Å²) >= 11 is 0.